The van der Waals surface area contributed by atoms with E-state index < -0.39 is 36.5 Å². The molecule has 0 spiro atoms. The average molecular weight is 496 g/mol. The lowest BCUT2D eigenvalue weighted by atomic mass is 9.93. The second kappa shape index (κ2) is 10.3. The Labute approximate surface area is 207 Å². The molecule has 36 heavy (non-hydrogen) atoms. The third-order valence-electron chi connectivity index (χ3n) is 6.36. The highest BCUT2D eigenvalue weighted by molar-refractivity contribution is 6.08. The van der Waals surface area contributed by atoms with Crippen molar-refractivity contribution < 1.29 is 27.9 Å². The molecule has 0 aromatic heterocycles. The Morgan fingerprint density at radius 1 is 1.06 bits per heavy atom. The van der Waals surface area contributed by atoms with Crippen LogP contribution >= 0.6 is 0 Å². The van der Waals surface area contributed by atoms with Gasteiger partial charge in [0.05, 0.1) is 6.04 Å². The number of aryl methyl sites for hydroxylation is 1. The minimum Gasteiger partial charge on any atom is -0.435 e. The summed E-state index contributed by atoms with van der Waals surface area (Å²) in [5.74, 6) is -0.892. The number of imide groups is 1. The minimum absolute atomic E-state index is 0.0420. The summed E-state index contributed by atoms with van der Waals surface area (Å²) in [6.45, 7) is 0.157. The zero-order valence-electron chi connectivity index (χ0n) is 20.0. The van der Waals surface area contributed by atoms with Crippen LogP contribution in [0.4, 0.5) is 13.6 Å². The Bertz CT molecular complexity index is 1280. The van der Waals surface area contributed by atoms with Gasteiger partial charge in [0.1, 0.15) is 17.8 Å². The number of hydrogen-bond donors (Lipinski definition) is 2. The van der Waals surface area contributed by atoms with Crippen molar-refractivity contribution in [3.05, 3.63) is 77.9 Å². The molecular formula is C27H27F2N3O4. The van der Waals surface area contributed by atoms with E-state index in [1.807, 2.05) is 49.4 Å². The smallest absolute Gasteiger partial charge is 0.387 e. The molecule has 9 heteroatoms. The number of urea groups is 1. The first kappa shape index (κ1) is 25.1. The first-order chi connectivity index (χ1) is 17.1. The summed E-state index contributed by atoms with van der Waals surface area (Å²) < 4.78 is 29.0. The highest BCUT2D eigenvalue weighted by Crippen LogP contribution is 2.25. The van der Waals surface area contributed by atoms with E-state index in [-0.39, 0.29) is 18.2 Å². The van der Waals surface area contributed by atoms with Gasteiger partial charge in [-0.1, -0.05) is 48.5 Å². The fourth-order valence-corrected chi connectivity index (χ4v) is 4.28. The Morgan fingerprint density at radius 3 is 2.44 bits per heavy atom. The normalized spacial score (nSPS) is 18.4. The maximum absolute atomic E-state index is 13.0. The number of halogens is 2. The molecule has 1 fully saturated rings. The molecule has 3 aromatic carbocycles. The van der Waals surface area contributed by atoms with Gasteiger partial charge in [-0.2, -0.15) is 8.78 Å². The van der Waals surface area contributed by atoms with Crippen LogP contribution < -0.4 is 15.4 Å². The van der Waals surface area contributed by atoms with Crippen molar-refractivity contribution in [1.82, 2.24) is 15.5 Å². The van der Waals surface area contributed by atoms with Crippen LogP contribution in [0, 0.1) is 0 Å². The van der Waals surface area contributed by atoms with Crippen LogP contribution in [0.2, 0.25) is 0 Å². The van der Waals surface area contributed by atoms with Crippen LogP contribution in [0.3, 0.4) is 0 Å². The number of amides is 4. The number of ether oxygens (including phenoxy) is 1. The molecule has 0 aliphatic carbocycles. The predicted octanol–water partition coefficient (Wildman–Crippen LogP) is 4.56. The number of benzene rings is 3. The van der Waals surface area contributed by atoms with Gasteiger partial charge in [0.2, 0.25) is 5.91 Å². The van der Waals surface area contributed by atoms with E-state index >= 15 is 0 Å². The van der Waals surface area contributed by atoms with Gasteiger partial charge in [-0.05, 0) is 66.8 Å². The van der Waals surface area contributed by atoms with Crippen LogP contribution in [0.25, 0.3) is 10.8 Å². The van der Waals surface area contributed by atoms with Crippen LogP contribution in [0.1, 0.15) is 37.4 Å². The van der Waals surface area contributed by atoms with Gasteiger partial charge in [-0.25, -0.2) is 4.79 Å². The predicted molar refractivity (Wildman–Crippen MR) is 131 cm³/mol. The van der Waals surface area contributed by atoms with Crippen molar-refractivity contribution >= 4 is 28.6 Å². The molecule has 2 atom stereocenters. The summed E-state index contributed by atoms with van der Waals surface area (Å²) in [5, 5.41) is 7.68. The lowest BCUT2D eigenvalue weighted by Gasteiger charge is -2.22. The van der Waals surface area contributed by atoms with Crippen molar-refractivity contribution in [1.29, 1.82) is 0 Å². The number of carbonyl (C=O) groups excluding carboxylic acids is 3. The van der Waals surface area contributed by atoms with Crippen molar-refractivity contribution in [2.24, 2.45) is 0 Å². The Kier molecular flexibility index (Phi) is 7.19. The van der Waals surface area contributed by atoms with Crippen LogP contribution in [0.15, 0.2) is 66.7 Å². The second-order valence-corrected chi connectivity index (χ2v) is 9.07. The van der Waals surface area contributed by atoms with E-state index in [4.69, 9.17) is 0 Å². The fraction of sp³-hybridized carbons (Fsp3) is 0.296. The molecule has 7 nitrogen and oxygen atoms in total. The number of fused-ring (bicyclic) bond motifs is 1. The molecule has 2 N–H and O–H groups in total. The largest absolute Gasteiger partial charge is 0.435 e. The van der Waals surface area contributed by atoms with E-state index in [9.17, 15) is 23.2 Å². The minimum atomic E-state index is -2.90. The van der Waals surface area contributed by atoms with Gasteiger partial charge in [0, 0.05) is 0 Å². The third kappa shape index (κ3) is 5.62. The molecule has 0 unspecified atom stereocenters. The summed E-state index contributed by atoms with van der Waals surface area (Å²) in [6, 6.07) is 19.0. The molecule has 0 saturated carbocycles. The van der Waals surface area contributed by atoms with Crippen molar-refractivity contribution in [3.8, 4) is 5.75 Å². The monoisotopic (exact) mass is 495 g/mol. The van der Waals surface area contributed by atoms with Crippen molar-refractivity contribution in [2.75, 3.05) is 6.54 Å². The molecule has 188 valence electrons. The van der Waals surface area contributed by atoms with Gasteiger partial charge < -0.3 is 15.4 Å². The molecule has 0 bridgehead atoms. The SMILES string of the molecule is C[C@@H](NC(=O)CN1C(=O)N[C@](C)(CCc2ccc(OC(F)F)cc2)C1=O)c1ccc2ccccc2c1. The van der Waals surface area contributed by atoms with Crippen LogP contribution in [-0.4, -0.2) is 41.4 Å². The Hall–Kier alpha value is -4.01. The molecule has 1 aliphatic rings. The molecule has 1 heterocycles. The number of alkyl halides is 2. The number of rotatable bonds is 9. The topological polar surface area (TPSA) is 87.7 Å². The first-order valence-electron chi connectivity index (χ1n) is 11.6. The van der Waals surface area contributed by atoms with E-state index in [1.54, 1.807) is 19.1 Å². The van der Waals surface area contributed by atoms with Gasteiger partial charge in [-0.3, -0.25) is 14.5 Å². The quantitative estimate of drug-likeness (QED) is 0.426. The van der Waals surface area contributed by atoms with E-state index in [0.717, 1.165) is 26.8 Å². The van der Waals surface area contributed by atoms with Crippen LogP contribution in [-0.2, 0) is 16.0 Å². The standard InChI is InChI=1S/C27H27F2N3O4/c1-17(20-10-9-19-5-3-4-6-21(19)15-20)30-23(33)16-32-24(34)27(2,31-26(32)35)14-13-18-7-11-22(12-8-18)36-25(28)29/h3-12,15,17,25H,13-14,16H2,1-2H3,(H,30,33)(H,31,35)/t17-,27-/m1/s1. The summed E-state index contributed by atoms with van der Waals surface area (Å²) in [7, 11) is 0. The number of nitrogens with one attached hydrogen (secondary N) is 2. The fourth-order valence-electron chi connectivity index (χ4n) is 4.28. The van der Waals surface area contributed by atoms with Gasteiger partial charge >= 0.3 is 12.6 Å². The average Bonchev–Trinajstić information content (AvgIpc) is 3.06. The Balaban J connectivity index is 1.34. The van der Waals surface area contributed by atoms with Gasteiger partial charge in [0.15, 0.2) is 0 Å². The summed E-state index contributed by atoms with van der Waals surface area (Å²) in [6.07, 6.45) is 0.689. The van der Waals surface area contributed by atoms with Gasteiger partial charge in [0.25, 0.3) is 5.91 Å². The van der Waals surface area contributed by atoms with Crippen LogP contribution in [0.5, 0.6) is 5.75 Å². The van der Waals surface area contributed by atoms with E-state index in [0.29, 0.717) is 6.42 Å². The molecule has 0 radical (unpaired) electrons. The number of carbonyl (C=O) groups is 3. The zero-order chi connectivity index (χ0) is 25.9. The maximum Gasteiger partial charge on any atom is 0.387 e. The number of nitrogens with zero attached hydrogens (tertiary/aromatic N) is 1. The molecule has 1 saturated heterocycles. The number of hydrogen-bond acceptors (Lipinski definition) is 4. The van der Waals surface area contributed by atoms with Crippen molar-refractivity contribution in [2.45, 2.75) is 44.9 Å². The zero-order valence-corrected chi connectivity index (χ0v) is 20.0. The summed E-state index contributed by atoms with van der Waals surface area (Å²) >= 11 is 0. The van der Waals surface area contributed by atoms with Crippen molar-refractivity contribution in [3.63, 3.8) is 0 Å². The summed E-state index contributed by atoms with van der Waals surface area (Å²) in [4.78, 5) is 39.2. The molecule has 4 amide bonds. The second-order valence-electron chi connectivity index (χ2n) is 9.07. The van der Waals surface area contributed by atoms with Gasteiger partial charge in [-0.15, -0.1) is 0 Å². The molecule has 1 aliphatic heterocycles. The highest BCUT2D eigenvalue weighted by Gasteiger charge is 2.47. The molecule has 4 rings (SSSR count). The Morgan fingerprint density at radius 2 is 1.75 bits per heavy atom. The molecule has 3 aromatic rings. The lowest BCUT2D eigenvalue weighted by Crippen LogP contribution is -2.45. The third-order valence-corrected chi connectivity index (χ3v) is 6.36. The first-order valence-corrected chi connectivity index (χ1v) is 11.6. The molecular weight excluding hydrogens is 468 g/mol. The summed E-state index contributed by atoms with van der Waals surface area (Å²) in [5.41, 5.74) is 0.522. The van der Waals surface area contributed by atoms with E-state index in [1.165, 1.54) is 12.1 Å². The van der Waals surface area contributed by atoms with E-state index in [2.05, 4.69) is 15.4 Å². The lowest BCUT2D eigenvalue weighted by molar-refractivity contribution is -0.134. The maximum atomic E-state index is 13.0. The highest BCUT2D eigenvalue weighted by atomic mass is 19.3.